The summed E-state index contributed by atoms with van der Waals surface area (Å²) in [6.45, 7) is 4.46. The minimum absolute atomic E-state index is 0.0778. The molecule has 166 valence electrons. The van der Waals surface area contributed by atoms with E-state index in [0.29, 0.717) is 29.9 Å². The van der Waals surface area contributed by atoms with Crippen LogP contribution in [-0.2, 0) is 11.4 Å². The minimum Gasteiger partial charge on any atom is -0.493 e. The lowest BCUT2D eigenvalue weighted by Gasteiger charge is -2.13. The topological polar surface area (TPSA) is 82.6 Å². The van der Waals surface area contributed by atoms with Crippen molar-refractivity contribution in [3.8, 4) is 23.1 Å². The molecule has 0 radical (unpaired) electrons. The van der Waals surface area contributed by atoms with Crippen molar-refractivity contribution in [1.29, 1.82) is 0 Å². The molecule has 4 rings (SSSR count). The van der Waals surface area contributed by atoms with E-state index >= 15 is 0 Å². The van der Waals surface area contributed by atoms with Crippen LogP contribution in [0.2, 0.25) is 0 Å². The van der Waals surface area contributed by atoms with Gasteiger partial charge in [-0.15, -0.1) is 0 Å². The normalized spacial score (nSPS) is 13.8. The number of ether oxygens (including phenoxy) is 3. The number of hydrogen-bond acceptors (Lipinski definition) is 6. The van der Waals surface area contributed by atoms with Crippen molar-refractivity contribution in [3.63, 3.8) is 0 Å². The summed E-state index contributed by atoms with van der Waals surface area (Å²) in [5.74, 6) is 3.29. The van der Waals surface area contributed by atoms with E-state index < -0.39 is 0 Å². The van der Waals surface area contributed by atoms with Crippen LogP contribution in [0, 0.1) is 5.92 Å². The van der Waals surface area contributed by atoms with E-state index in [4.69, 9.17) is 14.2 Å². The number of benzene rings is 1. The summed E-state index contributed by atoms with van der Waals surface area (Å²) in [4.78, 5) is 19.9. The Kier molecular flexibility index (Phi) is 6.84. The number of rotatable bonds is 10. The molecule has 2 aromatic heterocycles. The zero-order valence-corrected chi connectivity index (χ0v) is 18.3. The van der Waals surface area contributed by atoms with Crippen LogP contribution < -0.4 is 19.5 Å². The molecule has 0 spiro atoms. The molecule has 1 atom stereocenters. The maximum atomic E-state index is 11.2. The van der Waals surface area contributed by atoms with Crippen molar-refractivity contribution in [1.82, 2.24) is 15.3 Å². The first kappa shape index (κ1) is 21.6. The average Bonchev–Trinajstić information content (AvgIpc) is 3.62. The summed E-state index contributed by atoms with van der Waals surface area (Å²) in [7, 11) is 0. The first-order valence-corrected chi connectivity index (χ1v) is 10.8. The summed E-state index contributed by atoms with van der Waals surface area (Å²) >= 11 is 0. The van der Waals surface area contributed by atoms with Crippen molar-refractivity contribution in [2.24, 2.45) is 5.92 Å². The number of pyridine rings is 2. The monoisotopic (exact) mass is 433 g/mol. The molecule has 32 heavy (non-hydrogen) atoms. The van der Waals surface area contributed by atoms with Gasteiger partial charge in [0.1, 0.15) is 23.9 Å². The first-order chi connectivity index (χ1) is 15.5. The minimum atomic E-state index is -0.103. The Balaban J connectivity index is 1.27. The Labute approximate surface area is 187 Å². The molecule has 1 aliphatic rings. The van der Waals surface area contributed by atoms with E-state index in [9.17, 15) is 4.79 Å². The lowest BCUT2D eigenvalue weighted by atomic mass is 10.1. The van der Waals surface area contributed by atoms with Gasteiger partial charge < -0.3 is 19.5 Å². The summed E-state index contributed by atoms with van der Waals surface area (Å²) in [5, 5.41) is 2.83. The zero-order valence-electron chi connectivity index (χ0n) is 18.3. The predicted molar refractivity (Wildman–Crippen MR) is 120 cm³/mol. The second kappa shape index (κ2) is 10.1. The van der Waals surface area contributed by atoms with E-state index in [1.165, 1.54) is 19.8 Å². The van der Waals surface area contributed by atoms with Gasteiger partial charge in [-0.05, 0) is 55.5 Å². The van der Waals surface area contributed by atoms with Gasteiger partial charge in [0.2, 0.25) is 11.8 Å². The van der Waals surface area contributed by atoms with Crippen LogP contribution >= 0.6 is 0 Å². The van der Waals surface area contributed by atoms with Crippen LogP contribution in [-0.4, -0.2) is 22.5 Å². The number of hydrogen-bond donors (Lipinski definition) is 1. The van der Waals surface area contributed by atoms with Gasteiger partial charge in [-0.25, -0.2) is 4.98 Å². The standard InChI is InChI=1S/C25H27N3O4/c1-17(28-18(2)29)20-8-11-25(27-13-20)31-16-21-9-10-24(14-26-21)32-23-5-3-4-22(12-23)30-15-19-6-7-19/h3-5,8-14,17,19H,6-7,15-16H2,1-2H3,(H,28,29). The van der Waals surface area contributed by atoms with Crippen LogP contribution in [0.4, 0.5) is 0 Å². The molecule has 0 bridgehead atoms. The first-order valence-electron chi connectivity index (χ1n) is 10.8. The number of nitrogens with one attached hydrogen (secondary N) is 1. The molecule has 1 fully saturated rings. The highest BCUT2D eigenvalue weighted by molar-refractivity contribution is 5.73. The molecule has 1 N–H and O–H groups in total. The van der Waals surface area contributed by atoms with Crippen LogP contribution in [0.25, 0.3) is 0 Å². The summed E-state index contributed by atoms with van der Waals surface area (Å²) < 4.78 is 17.4. The van der Waals surface area contributed by atoms with Crippen molar-refractivity contribution in [3.05, 3.63) is 72.2 Å². The molecule has 7 heteroatoms. The van der Waals surface area contributed by atoms with E-state index in [2.05, 4.69) is 15.3 Å². The van der Waals surface area contributed by atoms with Crippen LogP contribution in [0.5, 0.6) is 23.1 Å². The lowest BCUT2D eigenvalue weighted by Crippen LogP contribution is -2.23. The average molecular weight is 434 g/mol. The highest BCUT2D eigenvalue weighted by Gasteiger charge is 2.21. The molecule has 1 aliphatic carbocycles. The van der Waals surface area contributed by atoms with Crippen LogP contribution in [0.1, 0.15) is 44.0 Å². The largest absolute Gasteiger partial charge is 0.493 e. The van der Waals surface area contributed by atoms with Gasteiger partial charge >= 0.3 is 0 Å². The fourth-order valence-corrected chi connectivity index (χ4v) is 3.09. The van der Waals surface area contributed by atoms with E-state index in [0.717, 1.165) is 23.6 Å². The fraction of sp³-hybridized carbons (Fsp3) is 0.320. The number of aromatic nitrogens is 2. The van der Waals surface area contributed by atoms with E-state index in [1.807, 2.05) is 49.4 Å². The molecule has 1 unspecified atom stereocenters. The van der Waals surface area contributed by atoms with Crippen LogP contribution in [0.3, 0.4) is 0 Å². The lowest BCUT2D eigenvalue weighted by molar-refractivity contribution is -0.119. The van der Waals surface area contributed by atoms with E-state index in [-0.39, 0.29) is 11.9 Å². The Hall–Kier alpha value is -3.61. The number of nitrogens with zero attached hydrogens (tertiary/aromatic N) is 2. The molecular formula is C25H27N3O4. The fourth-order valence-electron chi connectivity index (χ4n) is 3.09. The molecule has 0 aliphatic heterocycles. The third kappa shape index (κ3) is 6.44. The Morgan fingerprint density at radius 2 is 1.88 bits per heavy atom. The van der Waals surface area contributed by atoms with Gasteiger partial charge in [-0.3, -0.25) is 9.78 Å². The van der Waals surface area contributed by atoms with Gasteiger partial charge in [-0.1, -0.05) is 12.1 Å². The van der Waals surface area contributed by atoms with Gasteiger partial charge in [0.25, 0.3) is 0 Å². The maximum Gasteiger partial charge on any atom is 0.217 e. The molecule has 0 saturated heterocycles. The smallest absolute Gasteiger partial charge is 0.217 e. The van der Waals surface area contributed by atoms with Crippen molar-refractivity contribution in [2.75, 3.05) is 6.61 Å². The van der Waals surface area contributed by atoms with Gasteiger partial charge in [0.05, 0.1) is 24.5 Å². The molecule has 1 amide bonds. The number of amides is 1. The van der Waals surface area contributed by atoms with Gasteiger partial charge in [-0.2, -0.15) is 0 Å². The second-order valence-corrected chi connectivity index (χ2v) is 7.96. The van der Waals surface area contributed by atoms with Crippen molar-refractivity contribution in [2.45, 2.75) is 39.3 Å². The van der Waals surface area contributed by atoms with Gasteiger partial charge in [0, 0.05) is 25.3 Å². The third-order valence-electron chi connectivity index (χ3n) is 5.07. The maximum absolute atomic E-state index is 11.2. The highest BCUT2D eigenvalue weighted by Crippen LogP contribution is 2.31. The third-order valence-corrected chi connectivity index (χ3v) is 5.07. The summed E-state index contributed by atoms with van der Waals surface area (Å²) in [6.07, 6.45) is 5.89. The second-order valence-electron chi connectivity index (χ2n) is 7.96. The van der Waals surface area contributed by atoms with Crippen LogP contribution in [0.15, 0.2) is 60.9 Å². The summed E-state index contributed by atoms with van der Waals surface area (Å²) in [5.41, 5.74) is 1.67. The van der Waals surface area contributed by atoms with Crippen molar-refractivity contribution < 1.29 is 19.0 Å². The number of carbonyl (C=O) groups is 1. The highest BCUT2D eigenvalue weighted by atomic mass is 16.5. The molecular weight excluding hydrogens is 406 g/mol. The van der Waals surface area contributed by atoms with Gasteiger partial charge in [0.15, 0.2) is 0 Å². The summed E-state index contributed by atoms with van der Waals surface area (Å²) in [6, 6.07) is 14.9. The Morgan fingerprint density at radius 3 is 2.56 bits per heavy atom. The quantitative estimate of drug-likeness (QED) is 0.493. The Bertz CT molecular complexity index is 1030. The van der Waals surface area contributed by atoms with E-state index in [1.54, 1.807) is 18.5 Å². The molecule has 1 aromatic carbocycles. The molecule has 7 nitrogen and oxygen atoms in total. The molecule has 2 heterocycles. The number of carbonyl (C=O) groups excluding carboxylic acids is 1. The predicted octanol–water partition coefficient (Wildman–Crippen LogP) is 4.83. The molecule has 1 saturated carbocycles. The van der Waals surface area contributed by atoms with Crippen molar-refractivity contribution >= 4 is 5.91 Å². The molecule has 3 aromatic rings. The Morgan fingerprint density at radius 1 is 1.03 bits per heavy atom. The SMILES string of the molecule is CC(=O)NC(C)c1ccc(OCc2ccc(Oc3cccc(OCC4CC4)c3)cn2)nc1. The zero-order chi connectivity index (χ0) is 22.3.